The second-order valence-electron chi connectivity index (χ2n) is 3.42. The molecule has 1 aromatic rings. The molecule has 4 heteroatoms. The molecular weight excluding hydrogens is 205 g/mol. The summed E-state index contributed by atoms with van der Waals surface area (Å²) in [5.41, 5.74) is 0.0830. The minimum Gasteiger partial charge on any atom is -0.303 e. The number of aldehydes is 1. The van der Waals surface area contributed by atoms with E-state index in [1.807, 2.05) is 0 Å². The predicted molar refractivity (Wildman–Crippen MR) is 50.5 cm³/mol. The van der Waals surface area contributed by atoms with E-state index >= 15 is 0 Å². The first-order valence-corrected chi connectivity index (χ1v) is 4.56. The zero-order chi connectivity index (χ0) is 11.5. The summed E-state index contributed by atoms with van der Waals surface area (Å²) >= 11 is 0. The van der Waals surface area contributed by atoms with Gasteiger partial charge in [0.2, 0.25) is 0 Å². The lowest BCUT2D eigenvalue weighted by Gasteiger charge is -2.10. The molecular formula is C11H11F3O. The van der Waals surface area contributed by atoms with Gasteiger partial charge in [-0.25, -0.2) is 0 Å². The first kappa shape index (κ1) is 11.8. The lowest BCUT2D eigenvalue weighted by atomic mass is 9.97. The number of hydrogen-bond acceptors (Lipinski definition) is 1. The smallest absolute Gasteiger partial charge is 0.303 e. The molecule has 1 nitrogen and oxygen atoms in total. The van der Waals surface area contributed by atoms with Gasteiger partial charge in [0.25, 0.3) is 0 Å². The van der Waals surface area contributed by atoms with Crippen LogP contribution in [0.4, 0.5) is 13.2 Å². The van der Waals surface area contributed by atoms with Crippen LogP contribution in [0.5, 0.6) is 0 Å². The van der Waals surface area contributed by atoms with Crippen molar-refractivity contribution in [2.24, 2.45) is 0 Å². The van der Waals surface area contributed by atoms with Crippen molar-refractivity contribution in [3.05, 3.63) is 35.4 Å². The second kappa shape index (κ2) is 4.47. The van der Waals surface area contributed by atoms with Crippen LogP contribution >= 0.6 is 0 Å². The molecule has 0 saturated carbocycles. The fraction of sp³-hybridized carbons (Fsp3) is 0.364. The molecule has 82 valence electrons. The first-order chi connectivity index (χ1) is 6.95. The highest BCUT2D eigenvalue weighted by molar-refractivity contribution is 5.51. The van der Waals surface area contributed by atoms with Crippen molar-refractivity contribution in [3.8, 4) is 0 Å². The third-order valence-corrected chi connectivity index (χ3v) is 2.26. The molecule has 0 amide bonds. The van der Waals surface area contributed by atoms with Crippen molar-refractivity contribution >= 4 is 6.29 Å². The van der Waals surface area contributed by atoms with E-state index in [9.17, 15) is 18.0 Å². The molecule has 0 heterocycles. The summed E-state index contributed by atoms with van der Waals surface area (Å²) < 4.78 is 36.6. The van der Waals surface area contributed by atoms with Gasteiger partial charge in [0.15, 0.2) is 0 Å². The Kier molecular flexibility index (Phi) is 3.50. The van der Waals surface area contributed by atoms with Crippen molar-refractivity contribution in [3.63, 3.8) is 0 Å². The second-order valence-corrected chi connectivity index (χ2v) is 3.42. The number of carbonyl (C=O) groups is 1. The molecule has 0 fully saturated rings. The minimum absolute atomic E-state index is 0.0372. The van der Waals surface area contributed by atoms with Crippen LogP contribution in [0.15, 0.2) is 24.3 Å². The van der Waals surface area contributed by atoms with Crippen LogP contribution < -0.4 is 0 Å². The Labute approximate surface area is 85.9 Å². The third kappa shape index (κ3) is 3.08. The Hall–Kier alpha value is -1.32. The summed E-state index contributed by atoms with van der Waals surface area (Å²) in [6, 6.07) is 4.90. The number of rotatable bonds is 3. The zero-order valence-corrected chi connectivity index (χ0v) is 8.21. The topological polar surface area (TPSA) is 17.1 Å². The molecule has 0 aliphatic rings. The average molecular weight is 216 g/mol. The summed E-state index contributed by atoms with van der Waals surface area (Å²) in [4.78, 5) is 10.2. The van der Waals surface area contributed by atoms with Crippen molar-refractivity contribution < 1.29 is 18.0 Å². The summed E-state index contributed by atoms with van der Waals surface area (Å²) in [7, 11) is 0. The van der Waals surface area contributed by atoms with Gasteiger partial charge in [-0.1, -0.05) is 19.1 Å². The summed E-state index contributed by atoms with van der Waals surface area (Å²) in [6.45, 7) is 1.80. The van der Waals surface area contributed by atoms with E-state index in [-0.39, 0.29) is 5.92 Å². The normalized spacial score (nSPS) is 13.6. The van der Waals surface area contributed by atoms with Crippen LogP contribution in [0.2, 0.25) is 0 Å². The Bertz CT molecular complexity index is 327. The van der Waals surface area contributed by atoms with E-state index in [1.54, 1.807) is 6.92 Å². The van der Waals surface area contributed by atoms with E-state index in [1.165, 1.54) is 12.1 Å². The van der Waals surface area contributed by atoms with Gasteiger partial charge in [-0.2, -0.15) is 13.2 Å². The van der Waals surface area contributed by atoms with Gasteiger partial charge < -0.3 is 4.79 Å². The lowest BCUT2D eigenvalue weighted by Crippen LogP contribution is -2.05. The minimum atomic E-state index is -4.30. The maximum Gasteiger partial charge on any atom is 0.416 e. The summed E-state index contributed by atoms with van der Waals surface area (Å²) in [6.07, 6.45) is -3.21. The fourth-order valence-corrected chi connectivity index (χ4v) is 1.28. The van der Waals surface area contributed by atoms with Gasteiger partial charge in [0.1, 0.15) is 6.29 Å². The highest BCUT2D eigenvalue weighted by Crippen LogP contribution is 2.30. The van der Waals surface area contributed by atoms with Gasteiger partial charge in [0.05, 0.1) is 5.56 Å². The van der Waals surface area contributed by atoms with Gasteiger partial charge in [-0.05, 0) is 23.6 Å². The van der Waals surface area contributed by atoms with Crippen LogP contribution in [0, 0.1) is 0 Å². The molecule has 0 bridgehead atoms. The lowest BCUT2D eigenvalue weighted by molar-refractivity contribution is -0.137. The molecule has 0 unspecified atom stereocenters. The molecule has 0 aliphatic carbocycles. The van der Waals surface area contributed by atoms with Gasteiger partial charge in [0, 0.05) is 6.42 Å². The standard InChI is InChI=1S/C11H11F3O/c1-8(6-7-15)9-2-4-10(5-3-9)11(12,13)14/h2-5,7-8H,6H2,1H3/t8-/m0/s1. The van der Waals surface area contributed by atoms with Crippen LogP contribution in [0.3, 0.4) is 0 Å². The maximum atomic E-state index is 12.2. The van der Waals surface area contributed by atoms with Crippen molar-refractivity contribution in [2.45, 2.75) is 25.4 Å². The number of alkyl halides is 3. The highest BCUT2D eigenvalue weighted by atomic mass is 19.4. The molecule has 1 rings (SSSR count). The van der Waals surface area contributed by atoms with E-state index < -0.39 is 11.7 Å². The van der Waals surface area contributed by atoms with Crippen LogP contribution in [0.25, 0.3) is 0 Å². The number of carbonyl (C=O) groups excluding carboxylic acids is 1. The molecule has 0 radical (unpaired) electrons. The van der Waals surface area contributed by atoms with Crippen molar-refractivity contribution in [1.29, 1.82) is 0 Å². The van der Waals surface area contributed by atoms with Crippen LogP contribution in [-0.2, 0) is 11.0 Å². The average Bonchev–Trinajstić information content (AvgIpc) is 2.17. The summed E-state index contributed by atoms with van der Waals surface area (Å²) in [5, 5.41) is 0. The molecule has 1 aromatic carbocycles. The largest absolute Gasteiger partial charge is 0.416 e. The molecule has 15 heavy (non-hydrogen) atoms. The molecule has 0 spiro atoms. The quantitative estimate of drug-likeness (QED) is 0.708. The van der Waals surface area contributed by atoms with E-state index in [0.29, 0.717) is 6.42 Å². The van der Waals surface area contributed by atoms with Crippen molar-refractivity contribution in [2.75, 3.05) is 0 Å². The van der Waals surface area contributed by atoms with Crippen LogP contribution in [-0.4, -0.2) is 6.29 Å². The van der Waals surface area contributed by atoms with Crippen molar-refractivity contribution in [1.82, 2.24) is 0 Å². The molecule has 0 aliphatic heterocycles. The Balaban J connectivity index is 2.85. The van der Waals surface area contributed by atoms with Gasteiger partial charge >= 0.3 is 6.18 Å². The predicted octanol–water partition coefficient (Wildman–Crippen LogP) is 3.40. The molecule has 1 atom stereocenters. The fourth-order valence-electron chi connectivity index (χ4n) is 1.28. The number of hydrogen-bond donors (Lipinski definition) is 0. The SMILES string of the molecule is C[C@@H](CC=O)c1ccc(C(F)(F)F)cc1. The third-order valence-electron chi connectivity index (χ3n) is 2.26. The highest BCUT2D eigenvalue weighted by Gasteiger charge is 2.30. The van der Waals surface area contributed by atoms with Gasteiger partial charge in [-0.15, -0.1) is 0 Å². The van der Waals surface area contributed by atoms with Gasteiger partial charge in [-0.3, -0.25) is 0 Å². The number of benzene rings is 1. The zero-order valence-electron chi connectivity index (χ0n) is 8.21. The molecule has 0 saturated heterocycles. The molecule has 0 aromatic heterocycles. The Morgan fingerprint density at radius 2 is 1.80 bits per heavy atom. The maximum absolute atomic E-state index is 12.2. The molecule has 0 N–H and O–H groups in total. The Morgan fingerprint density at radius 1 is 1.27 bits per heavy atom. The first-order valence-electron chi connectivity index (χ1n) is 4.56. The number of halogens is 3. The van der Waals surface area contributed by atoms with E-state index in [4.69, 9.17) is 0 Å². The monoisotopic (exact) mass is 216 g/mol. The van der Waals surface area contributed by atoms with E-state index in [0.717, 1.165) is 24.0 Å². The summed E-state index contributed by atoms with van der Waals surface area (Å²) in [5.74, 6) is -0.0372. The van der Waals surface area contributed by atoms with Crippen LogP contribution in [0.1, 0.15) is 30.4 Å². The van der Waals surface area contributed by atoms with E-state index in [2.05, 4.69) is 0 Å². The Morgan fingerprint density at radius 3 is 2.20 bits per heavy atom.